The monoisotopic (exact) mass is 902 g/mol. The van der Waals surface area contributed by atoms with Crippen LogP contribution in [0.2, 0.25) is 0 Å². The molecule has 8 aromatic rings. The quantitative estimate of drug-likeness (QED) is 0.0787. The van der Waals surface area contributed by atoms with Crippen LogP contribution in [-0.4, -0.2) is 51.7 Å². The maximum Gasteiger partial charge on any atom is 0.182 e. The van der Waals surface area contributed by atoms with E-state index in [1.165, 1.54) is 72.8 Å². The molecule has 0 radical (unpaired) electrons. The minimum atomic E-state index is -1.06. The molecule has 0 saturated heterocycles. The van der Waals surface area contributed by atoms with Crippen LogP contribution in [0.4, 0.5) is 0 Å². The standard InChI is InChI=1S/C56H38O12/c57-29-9-1-25(2-10-29)45-47-37(17-33(61)21-41(47)65)53-49-39(19-35(63)23-43(49)67-55(53)27-5-13-31(59)14-6-27)51(45)52-40-20-36(64)24-44-50(40)54(56(68-44)28-7-15-32(60)16-8-28)38-18-34(62)22-42(66)48(38)46(52)26-3-11-30(58)12-4-26/h1-24,45,51-53,55,57-61,63-66H/t45-,51+,52+,53+,55+/m0/s1. The highest BCUT2D eigenvalue weighted by Gasteiger charge is 2.52. The van der Waals surface area contributed by atoms with Crippen molar-refractivity contribution in [2.45, 2.75) is 29.8 Å². The number of rotatable bonds is 5. The summed E-state index contributed by atoms with van der Waals surface area (Å²) in [5.41, 5.74) is 6.17. The molecule has 12 nitrogen and oxygen atoms in total. The topological polar surface area (TPSA) is 222 Å². The number of hydrogen-bond acceptors (Lipinski definition) is 12. The van der Waals surface area contributed by atoms with Gasteiger partial charge in [-0.25, -0.2) is 0 Å². The lowest BCUT2D eigenvalue weighted by molar-refractivity contribution is -0.110. The summed E-state index contributed by atoms with van der Waals surface area (Å²) in [5.74, 6) is -5.07. The van der Waals surface area contributed by atoms with Crippen LogP contribution in [0.1, 0.15) is 79.8 Å². The highest BCUT2D eigenvalue weighted by Crippen LogP contribution is 2.67. The van der Waals surface area contributed by atoms with Gasteiger partial charge in [-0.3, -0.25) is 4.79 Å². The van der Waals surface area contributed by atoms with Crippen LogP contribution >= 0.6 is 0 Å². The van der Waals surface area contributed by atoms with Crippen molar-refractivity contribution in [2.75, 3.05) is 0 Å². The smallest absolute Gasteiger partial charge is 0.182 e. The number of aliphatic hydroxyl groups excluding tert-OH is 1. The van der Waals surface area contributed by atoms with E-state index in [0.29, 0.717) is 72.3 Å². The van der Waals surface area contributed by atoms with E-state index in [1.807, 2.05) is 0 Å². The summed E-state index contributed by atoms with van der Waals surface area (Å²) in [7, 11) is 0. The number of ketones is 1. The van der Waals surface area contributed by atoms with E-state index in [9.17, 15) is 50.8 Å². The van der Waals surface area contributed by atoms with Gasteiger partial charge in [-0.1, -0.05) is 36.4 Å². The average molecular weight is 903 g/mol. The Balaban J connectivity index is 1.29. The summed E-state index contributed by atoms with van der Waals surface area (Å²) >= 11 is 0. The Labute approximate surface area is 386 Å². The summed E-state index contributed by atoms with van der Waals surface area (Å²) < 4.78 is 13.5. The number of benzene rings is 7. The SMILES string of the molecule is O=C1C=C(O)C2=C(c3ccc(O)cc3)[C@H]([C@@H]3c4cc(O)cc5c4[C@@H](c4cc(O)cc(O)c4[C@@H]3c3ccc(O)cc3)[C@@H](c3ccc(O)cc3)O5)c3cc(O)cc4oc(-c5ccc(O)cc5)c(c34)C2=C1. The summed E-state index contributed by atoms with van der Waals surface area (Å²) in [6.07, 6.45) is 1.70. The largest absolute Gasteiger partial charge is 0.508 e. The molecule has 0 unspecified atom stereocenters. The first-order valence-electron chi connectivity index (χ1n) is 21.8. The zero-order chi connectivity index (χ0) is 46.9. The number of carbonyl (C=O) groups excluding carboxylic acids is 1. The molecule has 1 aliphatic heterocycles. The number of phenols is 8. The number of fused-ring (bicyclic) bond motifs is 4. The van der Waals surface area contributed by atoms with Crippen molar-refractivity contribution >= 4 is 27.9 Å². The van der Waals surface area contributed by atoms with E-state index < -0.39 is 35.6 Å². The molecule has 1 aromatic heterocycles. The number of phenolic OH excluding ortho intramolecular Hbond substituents is 8. The molecule has 7 aromatic carbocycles. The van der Waals surface area contributed by atoms with Crippen molar-refractivity contribution in [1.29, 1.82) is 0 Å². The molecule has 9 N–H and O–H groups in total. The molecule has 2 heterocycles. The van der Waals surface area contributed by atoms with Crippen LogP contribution in [0.25, 0.3) is 33.4 Å². The van der Waals surface area contributed by atoms with Gasteiger partial charge in [0.25, 0.3) is 0 Å². The minimum absolute atomic E-state index is 0.00367. The molecule has 0 saturated carbocycles. The van der Waals surface area contributed by atoms with E-state index in [0.717, 1.165) is 6.08 Å². The third-order valence-electron chi connectivity index (χ3n) is 13.8. The molecular formula is C56H38O12. The Kier molecular flexibility index (Phi) is 8.78. The first-order valence-corrected chi connectivity index (χ1v) is 21.8. The highest BCUT2D eigenvalue weighted by molar-refractivity contribution is 6.19. The predicted octanol–water partition coefficient (Wildman–Crippen LogP) is 10.9. The Morgan fingerprint density at radius 2 is 1.03 bits per heavy atom. The predicted molar refractivity (Wildman–Crippen MR) is 250 cm³/mol. The highest BCUT2D eigenvalue weighted by atomic mass is 16.5. The van der Waals surface area contributed by atoms with Crippen molar-refractivity contribution in [2.24, 2.45) is 0 Å². The fraction of sp³-hybridized carbons (Fsp3) is 0.0893. The fourth-order valence-electron chi connectivity index (χ4n) is 11.3. The van der Waals surface area contributed by atoms with Gasteiger partial charge < -0.3 is 55.1 Å². The summed E-state index contributed by atoms with van der Waals surface area (Å²) in [5, 5.41) is 103. The first kappa shape index (κ1) is 40.5. The maximum absolute atomic E-state index is 13.8. The van der Waals surface area contributed by atoms with Gasteiger partial charge in [0.05, 0.1) is 5.92 Å². The molecule has 4 aliphatic rings. The van der Waals surface area contributed by atoms with Crippen molar-refractivity contribution < 1.29 is 59.9 Å². The van der Waals surface area contributed by atoms with Gasteiger partial charge >= 0.3 is 0 Å². The molecule has 12 heteroatoms. The number of hydrogen-bond donors (Lipinski definition) is 9. The molecule has 5 atom stereocenters. The van der Waals surface area contributed by atoms with E-state index in [1.54, 1.807) is 66.7 Å². The van der Waals surface area contributed by atoms with Gasteiger partial charge in [0.15, 0.2) is 5.78 Å². The van der Waals surface area contributed by atoms with E-state index in [-0.39, 0.29) is 74.2 Å². The zero-order valence-electron chi connectivity index (χ0n) is 35.5. The Hall–Kier alpha value is -9.03. The van der Waals surface area contributed by atoms with Crippen molar-refractivity contribution in [3.05, 3.63) is 207 Å². The molecule has 12 rings (SSSR count). The lowest BCUT2D eigenvalue weighted by Crippen LogP contribution is -2.23. The van der Waals surface area contributed by atoms with Gasteiger partial charge in [0, 0.05) is 80.8 Å². The van der Waals surface area contributed by atoms with E-state index in [4.69, 9.17) is 9.15 Å². The second-order valence-electron chi connectivity index (χ2n) is 17.7. The number of aromatic hydroxyl groups is 8. The van der Waals surface area contributed by atoms with Crippen LogP contribution in [-0.2, 0) is 4.79 Å². The molecule has 0 fully saturated rings. The van der Waals surface area contributed by atoms with Crippen LogP contribution < -0.4 is 4.74 Å². The second-order valence-corrected chi connectivity index (χ2v) is 17.7. The summed E-state index contributed by atoms with van der Waals surface area (Å²) in [6.45, 7) is 0. The lowest BCUT2D eigenvalue weighted by Gasteiger charge is -2.38. The third-order valence-corrected chi connectivity index (χ3v) is 13.8. The normalized spacial score (nSPS) is 20.1. The summed E-state index contributed by atoms with van der Waals surface area (Å²) in [4.78, 5) is 13.8. The van der Waals surface area contributed by atoms with Gasteiger partial charge in [-0.05, 0) is 124 Å². The number of carbonyl (C=O) groups is 1. The van der Waals surface area contributed by atoms with Crippen LogP contribution in [0, 0.1) is 0 Å². The number of aliphatic hydroxyl groups is 1. The third kappa shape index (κ3) is 6.11. The van der Waals surface area contributed by atoms with E-state index in [2.05, 4.69) is 0 Å². The first-order chi connectivity index (χ1) is 32.8. The van der Waals surface area contributed by atoms with E-state index >= 15 is 0 Å². The molecule has 68 heavy (non-hydrogen) atoms. The minimum Gasteiger partial charge on any atom is -0.508 e. The number of allylic oxidation sites excluding steroid dienone is 4. The van der Waals surface area contributed by atoms with Crippen molar-refractivity contribution in [3.8, 4) is 63.1 Å². The van der Waals surface area contributed by atoms with Crippen LogP contribution in [0.5, 0.6) is 51.7 Å². The zero-order valence-corrected chi connectivity index (χ0v) is 35.5. The summed E-state index contributed by atoms with van der Waals surface area (Å²) in [6, 6.07) is 34.7. The number of ether oxygens (including phenoxy) is 1. The fourth-order valence-corrected chi connectivity index (χ4v) is 11.3. The van der Waals surface area contributed by atoms with Crippen LogP contribution in [0.3, 0.4) is 0 Å². The molecular weight excluding hydrogens is 865 g/mol. The Bertz CT molecular complexity index is 3540. The Morgan fingerprint density at radius 1 is 0.471 bits per heavy atom. The van der Waals surface area contributed by atoms with Crippen LogP contribution in [0.15, 0.2) is 161 Å². The van der Waals surface area contributed by atoms with Gasteiger partial charge in [0.1, 0.15) is 75.0 Å². The number of furan rings is 1. The maximum atomic E-state index is 13.8. The van der Waals surface area contributed by atoms with Gasteiger partial charge in [0.2, 0.25) is 0 Å². The van der Waals surface area contributed by atoms with Crippen molar-refractivity contribution in [3.63, 3.8) is 0 Å². The lowest BCUT2D eigenvalue weighted by atomic mass is 9.64. The Morgan fingerprint density at radius 3 is 1.69 bits per heavy atom. The second kappa shape index (κ2) is 14.7. The van der Waals surface area contributed by atoms with Gasteiger partial charge in [-0.15, -0.1) is 0 Å². The van der Waals surface area contributed by atoms with Crippen molar-refractivity contribution in [1.82, 2.24) is 0 Å². The van der Waals surface area contributed by atoms with Gasteiger partial charge in [-0.2, -0.15) is 0 Å². The molecule has 0 bridgehead atoms. The molecule has 0 amide bonds. The average Bonchev–Trinajstić information content (AvgIpc) is 3.81. The molecule has 0 spiro atoms. The molecule has 334 valence electrons. The molecule has 3 aliphatic carbocycles.